The lowest BCUT2D eigenvalue weighted by atomic mass is 10.1. The van der Waals surface area contributed by atoms with Gasteiger partial charge in [-0.25, -0.2) is 4.98 Å². The number of carbonyl (C=O) groups excluding carboxylic acids is 1. The van der Waals surface area contributed by atoms with Gasteiger partial charge in [-0.1, -0.05) is 6.07 Å². The predicted octanol–water partition coefficient (Wildman–Crippen LogP) is 2.79. The van der Waals surface area contributed by atoms with Gasteiger partial charge < -0.3 is 15.0 Å². The number of aryl methyl sites for hydroxylation is 2. The lowest BCUT2D eigenvalue weighted by Crippen LogP contribution is -2.40. The molecule has 1 aliphatic carbocycles. The highest BCUT2D eigenvalue weighted by atomic mass is 16.5. The standard InChI is InChI=1S/C19H21N3O2/c23-19(22-8-10-24-11-9-22)16-5-7-18(20-13-16)21-17-6-4-14-2-1-3-15(14)12-17/h4-7,12-13H,1-3,8-11H2,(H,20,21). The summed E-state index contributed by atoms with van der Waals surface area (Å²) in [6, 6.07) is 10.2. The van der Waals surface area contributed by atoms with Crippen LogP contribution in [0.1, 0.15) is 27.9 Å². The van der Waals surface area contributed by atoms with E-state index in [1.54, 1.807) is 6.20 Å². The molecular formula is C19H21N3O2. The average Bonchev–Trinajstić information content (AvgIpc) is 3.10. The largest absolute Gasteiger partial charge is 0.378 e. The Hall–Kier alpha value is -2.40. The zero-order valence-electron chi connectivity index (χ0n) is 13.6. The average molecular weight is 323 g/mol. The van der Waals surface area contributed by atoms with Gasteiger partial charge in [-0.05, 0) is 54.7 Å². The molecule has 1 aromatic carbocycles. The Morgan fingerprint density at radius 3 is 2.71 bits per heavy atom. The second-order valence-electron chi connectivity index (χ2n) is 6.30. The van der Waals surface area contributed by atoms with Gasteiger partial charge in [0.1, 0.15) is 5.82 Å². The van der Waals surface area contributed by atoms with E-state index in [-0.39, 0.29) is 5.91 Å². The zero-order chi connectivity index (χ0) is 16.4. The second kappa shape index (κ2) is 6.61. The summed E-state index contributed by atoms with van der Waals surface area (Å²) in [6.07, 6.45) is 5.24. The van der Waals surface area contributed by atoms with Crippen LogP contribution in [-0.2, 0) is 17.6 Å². The molecule has 0 radical (unpaired) electrons. The third-order valence-corrected chi connectivity index (χ3v) is 4.68. The number of nitrogens with zero attached hydrogens (tertiary/aromatic N) is 2. The molecule has 1 saturated heterocycles. The van der Waals surface area contributed by atoms with Crippen LogP contribution in [-0.4, -0.2) is 42.1 Å². The van der Waals surface area contributed by atoms with E-state index in [2.05, 4.69) is 28.5 Å². The quantitative estimate of drug-likeness (QED) is 0.944. The van der Waals surface area contributed by atoms with Crippen LogP contribution >= 0.6 is 0 Å². The van der Waals surface area contributed by atoms with E-state index < -0.39 is 0 Å². The Morgan fingerprint density at radius 2 is 1.92 bits per heavy atom. The van der Waals surface area contributed by atoms with Crippen molar-refractivity contribution < 1.29 is 9.53 Å². The summed E-state index contributed by atoms with van der Waals surface area (Å²) < 4.78 is 5.28. The highest BCUT2D eigenvalue weighted by molar-refractivity contribution is 5.94. The number of anilines is 2. The minimum absolute atomic E-state index is 0.0230. The van der Waals surface area contributed by atoms with Crippen LogP contribution in [0.4, 0.5) is 11.5 Å². The highest BCUT2D eigenvalue weighted by Gasteiger charge is 2.18. The predicted molar refractivity (Wildman–Crippen MR) is 92.7 cm³/mol. The molecule has 5 nitrogen and oxygen atoms in total. The van der Waals surface area contributed by atoms with Crippen LogP contribution in [0.25, 0.3) is 0 Å². The van der Waals surface area contributed by atoms with Crippen LogP contribution in [0.15, 0.2) is 36.5 Å². The molecule has 0 atom stereocenters. The first-order valence-corrected chi connectivity index (χ1v) is 8.51. The lowest BCUT2D eigenvalue weighted by molar-refractivity contribution is 0.0302. The maximum atomic E-state index is 12.4. The number of ether oxygens (including phenoxy) is 1. The van der Waals surface area contributed by atoms with E-state index in [0.717, 1.165) is 17.9 Å². The second-order valence-corrected chi connectivity index (χ2v) is 6.30. The first kappa shape index (κ1) is 15.1. The van der Waals surface area contributed by atoms with Crippen molar-refractivity contribution in [2.75, 3.05) is 31.6 Å². The number of carbonyl (C=O) groups is 1. The number of nitrogens with one attached hydrogen (secondary N) is 1. The Balaban J connectivity index is 1.44. The summed E-state index contributed by atoms with van der Waals surface area (Å²) in [5.74, 6) is 0.779. The number of pyridine rings is 1. The molecule has 124 valence electrons. The molecule has 24 heavy (non-hydrogen) atoms. The maximum Gasteiger partial charge on any atom is 0.255 e. The van der Waals surface area contributed by atoms with Crippen molar-refractivity contribution in [2.45, 2.75) is 19.3 Å². The number of aromatic nitrogens is 1. The van der Waals surface area contributed by atoms with E-state index in [4.69, 9.17) is 4.74 Å². The molecule has 1 aliphatic heterocycles. The van der Waals surface area contributed by atoms with Crippen molar-refractivity contribution in [3.63, 3.8) is 0 Å². The molecule has 0 spiro atoms. The van der Waals surface area contributed by atoms with Gasteiger partial charge in [0.25, 0.3) is 5.91 Å². The molecule has 2 aromatic rings. The van der Waals surface area contributed by atoms with Crippen molar-refractivity contribution in [3.8, 4) is 0 Å². The van der Waals surface area contributed by atoms with Gasteiger partial charge in [0.2, 0.25) is 0 Å². The molecule has 0 unspecified atom stereocenters. The van der Waals surface area contributed by atoms with E-state index in [1.807, 2.05) is 17.0 Å². The first-order chi connectivity index (χ1) is 11.8. The van der Waals surface area contributed by atoms with Crippen LogP contribution in [0.3, 0.4) is 0 Å². The lowest BCUT2D eigenvalue weighted by Gasteiger charge is -2.26. The van der Waals surface area contributed by atoms with Gasteiger partial charge in [0, 0.05) is 25.0 Å². The fraction of sp³-hybridized carbons (Fsp3) is 0.368. The number of benzene rings is 1. The molecule has 0 saturated carbocycles. The number of amides is 1. The Kier molecular flexibility index (Phi) is 4.17. The fourth-order valence-corrected chi connectivity index (χ4v) is 3.34. The van der Waals surface area contributed by atoms with E-state index in [1.165, 1.54) is 24.0 Å². The monoisotopic (exact) mass is 323 g/mol. The summed E-state index contributed by atoms with van der Waals surface area (Å²) in [5.41, 5.74) is 4.56. The zero-order valence-corrected chi connectivity index (χ0v) is 13.6. The number of morpholine rings is 1. The van der Waals surface area contributed by atoms with Crippen LogP contribution in [0.2, 0.25) is 0 Å². The molecule has 5 heteroatoms. The minimum Gasteiger partial charge on any atom is -0.378 e. The Morgan fingerprint density at radius 1 is 1.08 bits per heavy atom. The summed E-state index contributed by atoms with van der Waals surface area (Å²) in [7, 11) is 0. The number of rotatable bonds is 3. The Bertz CT molecular complexity index is 737. The minimum atomic E-state index is 0.0230. The molecule has 1 N–H and O–H groups in total. The number of fused-ring (bicyclic) bond motifs is 1. The van der Waals surface area contributed by atoms with Gasteiger partial charge >= 0.3 is 0 Å². The molecular weight excluding hydrogens is 302 g/mol. The normalized spacial score (nSPS) is 16.8. The van der Waals surface area contributed by atoms with Crippen LogP contribution in [0.5, 0.6) is 0 Å². The third kappa shape index (κ3) is 3.12. The number of hydrogen-bond donors (Lipinski definition) is 1. The summed E-state index contributed by atoms with van der Waals surface area (Å²) in [5, 5.41) is 3.32. The molecule has 1 aromatic heterocycles. The maximum absolute atomic E-state index is 12.4. The van der Waals surface area contributed by atoms with Gasteiger partial charge in [-0.3, -0.25) is 4.79 Å². The number of hydrogen-bond acceptors (Lipinski definition) is 4. The first-order valence-electron chi connectivity index (χ1n) is 8.51. The summed E-state index contributed by atoms with van der Waals surface area (Å²) in [6.45, 7) is 2.51. The SMILES string of the molecule is O=C(c1ccc(Nc2ccc3c(c2)CCC3)nc1)N1CCOCC1. The molecule has 1 amide bonds. The fourth-order valence-electron chi connectivity index (χ4n) is 3.34. The van der Waals surface area contributed by atoms with Gasteiger partial charge in [0.15, 0.2) is 0 Å². The van der Waals surface area contributed by atoms with Crippen molar-refractivity contribution in [1.82, 2.24) is 9.88 Å². The summed E-state index contributed by atoms with van der Waals surface area (Å²) in [4.78, 5) is 18.6. The van der Waals surface area contributed by atoms with Crippen molar-refractivity contribution in [3.05, 3.63) is 53.2 Å². The van der Waals surface area contributed by atoms with Crippen LogP contribution < -0.4 is 5.32 Å². The summed E-state index contributed by atoms with van der Waals surface area (Å²) >= 11 is 0. The highest BCUT2D eigenvalue weighted by Crippen LogP contribution is 2.26. The molecule has 2 heterocycles. The van der Waals surface area contributed by atoms with Gasteiger partial charge in [0.05, 0.1) is 18.8 Å². The van der Waals surface area contributed by atoms with Gasteiger partial charge in [-0.15, -0.1) is 0 Å². The molecule has 1 fully saturated rings. The Labute approximate surface area is 141 Å². The smallest absolute Gasteiger partial charge is 0.255 e. The van der Waals surface area contributed by atoms with Crippen molar-refractivity contribution >= 4 is 17.4 Å². The van der Waals surface area contributed by atoms with Crippen molar-refractivity contribution in [2.24, 2.45) is 0 Å². The van der Waals surface area contributed by atoms with E-state index >= 15 is 0 Å². The molecule has 2 aliphatic rings. The van der Waals surface area contributed by atoms with Crippen molar-refractivity contribution in [1.29, 1.82) is 0 Å². The van der Waals surface area contributed by atoms with Gasteiger partial charge in [-0.2, -0.15) is 0 Å². The van der Waals surface area contributed by atoms with E-state index in [0.29, 0.717) is 31.9 Å². The van der Waals surface area contributed by atoms with Crippen LogP contribution in [0, 0.1) is 0 Å². The van der Waals surface area contributed by atoms with E-state index in [9.17, 15) is 4.79 Å². The molecule has 0 bridgehead atoms. The topological polar surface area (TPSA) is 54.5 Å². The molecule has 4 rings (SSSR count). The third-order valence-electron chi connectivity index (χ3n) is 4.68.